The second-order valence-electron chi connectivity index (χ2n) is 8.48. The van der Waals surface area contributed by atoms with Gasteiger partial charge in [-0.05, 0) is 63.9 Å². The van der Waals surface area contributed by atoms with E-state index in [1.165, 1.54) is 36.0 Å². The van der Waals surface area contributed by atoms with E-state index in [-0.39, 0.29) is 34.8 Å². The maximum absolute atomic E-state index is 13.2. The number of anilines is 1. The van der Waals surface area contributed by atoms with E-state index in [1.54, 1.807) is 6.92 Å². The number of nitrogens with zero attached hydrogens (tertiary/aromatic N) is 4. The largest absolute Gasteiger partial charge is 0.462 e. The maximum Gasteiger partial charge on any atom is 0.343 e. The van der Waals surface area contributed by atoms with E-state index in [0.29, 0.717) is 5.82 Å². The van der Waals surface area contributed by atoms with Crippen LogP contribution in [-0.2, 0) is 4.74 Å². The fraction of sp³-hybridized carbons (Fsp3) is 0.231. The van der Waals surface area contributed by atoms with Gasteiger partial charge in [0.05, 0.1) is 23.2 Å². The number of amides is 1. The molecule has 2 heterocycles. The molecule has 184 valence electrons. The summed E-state index contributed by atoms with van der Waals surface area (Å²) < 4.78 is 6.52. The molecular weight excluding hydrogens is 462 g/mol. The molecule has 0 aliphatic carbocycles. The molecule has 10 nitrogen and oxygen atoms in total. The third-order valence-corrected chi connectivity index (χ3v) is 5.90. The molecule has 1 amide bonds. The highest BCUT2D eigenvalue weighted by molar-refractivity contribution is 6.08. The van der Waals surface area contributed by atoms with Crippen LogP contribution in [0.25, 0.3) is 16.7 Å². The SMILES string of the molecule is CCOC(=O)c1cnn(-c2cc(C)c3cc(C)cc(C)c3n2)c1NC(=O)c1cccc([N+](=O)[O-])c1C. The van der Waals surface area contributed by atoms with E-state index >= 15 is 0 Å². The van der Waals surface area contributed by atoms with E-state index in [9.17, 15) is 19.7 Å². The van der Waals surface area contributed by atoms with Crippen molar-refractivity contribution in [3.05, 3.63) is 86.1 Å². The fourth-order valence-electron chi connectivity index (χ4n) is 4.18. The first-order valence-corrected chi connectivity index (χ1v) is 11.3. The van der Waals surface area contributed by atoms with Gasteiger partial charge in [-0.3, -0.25) is 14.9 Å². The van der Waals surface area contributed by atoms with Gasteiger partial charge < -0.3 is 10.1 Å². The highest BCUT2D eigenvalue weighted by Crippen LogP contribution is 2.28. The summed E-state index contributed by atoms with van der Waals surface area (Å²) in [5.74, 6) is -0.846. The van der Waals surface area contributed by atoms with E-state index < -0.39 is 16.8 Å². The van der Waals surface area contributed by atoms with Crippen molar-refractivity contribution in [2.24, 2.45) is 0 Å². The van der Waals surface area contributed by atoms with Crippen molar-refractivity contribution in [3.63, 3.8) is 0 Å². The van der Waals surface area contributed by atoms with Gasteiger partial charge in [-0.25, -0.2) is 9.78 Å². The van der Waals surface area contributed by atoms with Crippen molar-refractivity contribution in [3.8, 4) is 5.82 Å². The number of nitro groups is 1. The number of aryl methyl sites for hydroxylation is 3. The van der Waals surface area contributed by atoms with E-state index in [0.717, 1.165) is 27.6 Å². The summed E-state index contributed by atoms with van der Waals surface area (Å²) in [4.78, 5) is 41.5. The molecular formula is C26H25N5O5. The average Bonchev–Trinajstić information content (AvgIpc) is 3.23. The number of nitro benzene ring substituents is 1. The molecule has 0 aliphatic rings. The quantitative estimate of drug-likeness (QED) is 0.230. The van der Waals surface area contributed by atoms with Crippen molar-refractivity contribution in [1.29, 1.82) is 0 Å². The molecule has 0 bridgehead atoms. The molecule has 0 unspecified atom stereocenters. The van der Waals surface area contributed by atoms with Crippen LogP contribution in [-0.4, -0.2) is 38.2 Å². The number of ether oxygens (including phenoxy) is 1. The van der Waals surface area contributed by atoms with Crippen molar-refractivity contribution in [2.75, 3.05) is 11.9 Å². The molecule has 2 aromatic carbocycles. The summed E-state index contributed by atoms with van der Waals surface area (Å²) in [5.41, 5.74) is 3.97. The van der Waals surface area contributed by atoms with Crippen LogP contribution in [0.1, 0.15) is 49.9 Å². The minimum Gasteiger partial charge on any atom is -0.462 e. The maximum atomic E-state index is 13.2. The third kappa shape index (κ3) is 4.40. The Morgan fingerprint density at radius 2 is 1.83 bits per heavy atom. The van der Waals surface area contributed by atoms with Gasteiger partial charge in [-0.15, -0.1) is 0 Å². The first-order chi connectivity index (χ1) is 17.1. The molecule has 0 spiro atoms. The van der Waals surface area contributed by atoms with Gasteiger partial charge >= 0.3 is 5.97 Å². The molecule has 0 fully saturated rings. The number of carbonyl (C=O) groups is 2. The van der Waals surface area contributed by atoms with E-state index in [1.807, 2.05) is 32.9 Å². The topological polar surface area (TPSA) is 129 Å². The number of carbonyl (C=O) groups excluding carboxylic acids is 2. The normalized spacial score (nSPS) is 10.9. The summed E-state index contributed by atoms with van der Waals surface area (Å²) in [6.45, 7) is 9.23. The number of benzene rings is 2. The number of nitrogens with one attached hydrogen (secondary N) is 1. The van der Waals surface area contributed by atoms with Crippen LogP contribution in [0.15, 0.2) is 42.6 Å². The Bertz CT molecular complexity index is 1540. The van der Waals surface area contributed by atoms with Gasteiger partial charge in [0.15, 0.2) is 11.6 Å². The van der Waals surface area contributed by atoms with E-state index in [4.69, 9.17) is 9.72 Å². The van der Waals surface area contributed by atoms with Crippen LogP contribution in [0.4, 0.5) is 11.5 Å². The number of hydrogen-bond donors (Lipinski definition) is 1. The van der Waals surface area contributed by atoms with Gasteiger partial charge in [-0.1, -0.05) is 17.7 Å². The van der Waals surface area contributed by atoms with Gasteiger partial charge in [0.2, 0.25) is 0 Å². The summed E-state index contributed by atoms with van der Waals surface area (Å²) in [7, 11) is 0. The number of esters is 1. The molecule has 10 heteroatoms. The monoisotopic (exact) mass is 487 g/mol. The molecule has 0 radical (unpaired) electrons. The lowest BCUT2D eigenvalue weighted by atomic mass is 10.0. The molecule has 1 N–H and O–H groups in total. The lowest BCUT2D eigenvalue weighted by Gasteiger charge is -2.14. The van der Waals surface area contributed by atoms with Crippen LogP contribution in [0.5, 0.6) is 0 Å². The van der Waals surface area contributed by atoms with Gasteiger partial charge in [0.25, 0.3) is 11.6 Å². The van der Waals surface area contributed by atoms with Gasteiger partial charge in [0, 0.05) is 22.6 Å². The average molecular weight is 488 g/mol. The molecule has 36 heavy (non-hydrogen) atoms. The van der Waals surface area contributed by atoms with Gasteiger partial charge in [-0.2, -0.15) is 9.78 Å². The summed E-state index contributed by atoms with van der Waals surface area (Å²) in [6.07, 6.45) is 1.30. The molecule has 4 aromatic rings. The number of pyridine rings is 1. The predicted molar refractivity (Wildman–Crippen MR) is 135 cm³/mol. The van der Waals surface area contributed by atoms with Crippen molar-refractivity contribution in [2.45, 2.75) is 34.6 Å². The number of hydrogen-bond acceptors (Lipinski definition) is 7. The van der Waals surface area contributed by atoms with Crippen LogP contribution in [0, 0.1) is 37.8 Å². The zero-order chi connectivity index (χ0) is 26.1. The molecule has 2 aromatic heterocycles. The predicted octanol–water partition coefficient (Wildman–Crippen LogP) is 4.99. The summed E-state index contributed by atoms with van der Waals surface area (Å²) >= 11 is 0. The number of fused-ring (bicyclic) bond motifs is 1. The van der Waals surface area contributed by atoms with Crippen molar-refractivity contribution in [1.82, 2.24) is 14.8 Å². The number of aromatic nitrogens is 3. The second-order valence-corrected chi connectivity index (χ2v) is 8.48. The lowest BCUT2D eigenvalue weighted by Crippen LogP contribution is -2.19. The van der Waals surface area contributed by atoms with Crippen molar-refractivity contribution >= 4 is 34.3 Å². The zero-order valence-corrected chi connectivity index (χ0v) is 20.6. The Hall–Kier alpha value is -4.60. The Balaban J connectivity index is 1.86. The van der Waals surface area contributed by atoms with E-state index in [2.05, 4.69) is 16.5 Å². The molecule has 4 rings (SSSR count). The fourth-order valence-corrected chi connectivity index (χ4v) is 4.18. The Morgan fingerprint density at radius 1 is 1.08 bits per heavy atom. The third-order valence-electron chi connectivity index (χ3n) is 5.90. The minimum atomic E-state index is -0.667. The second kappa shape index (κ2) is 9.57. The minimum absolute atomic E-state index is 0.0356. The summed E-state index contributed by atoms with van der Waals surface area (Å²) in [5, 5.41) is 19.4. The Kier molecular flexibility index (Phi) is 6.52. The van der Waals surface area contributed by atoms with Gasteiger partial charge in [0.1, 0.15) is 5.56 Å². The zero-order valence-electron chi connectivity index (χ0n) is 20.6. The summed E-state index contributed by atoms with van der Waals surface area (Å²) in [6, 6.07) is 10.1. The first-order valence-electron chi connectivity index (χ1n) is 11.3. The smallest absolute Gasteiger partial charge is 0.343 e. The lowest BCUT2D eigenvalue weighted by molar-refractivity contribution is -0.385. The van der Waals surface area contributed by atoms with Crippen molar-refractivity contribution < 1.29 is 19.2 Å². The Labute approximate surface area is 207 Å². The van der Waals surface area contributed by atoms with Crippen LogP contribution in [0.3, 0.4) is 0 Å². The number of rotatable bonds is 6. The Morgan fingerprint density at radius 3 is 2.53 bits per heavy atom. The first kappa shape index (κ1) is 24.5. The highest BCUT2D eigenvalue weighted by Gasteiger charge is 2.25. The highest BCUT2D eigenvalue weighted by atomic mass is 16.6. The molecule has 0 saturated carbocycles. The molecule has 0 atom stereocenters. The molecule has 0 saturated heterocycles. The standard InChI is InChI=1S/C26H25N5O5/c1-6-36-26(33)20-13-27-30(22-12-15(3)19-11-14(2)10-16(4)23(19)28-22)24(20)29-25(32)18-8-7-9-21(17(18)5)31(34)35/h7-13H,6H2,1-5H3,(H,29,32). The van der Waals surface area contributed by atoms with Crippen LogP contribution >= 0.6 is 0 Å². The molecule has 0 aliphatic heterocycles. The van der Waals surface area contributed by atoms with Crippen LogP contribution in [0.2, 0.25) is 0 Å². The van der Waals surface area contributed by atoms with Crippen LogP contribution < -0.4 is 5.32 Å².